The van der Waals surface area contributed by atoms with Gasteiger partial charge in [-0.3, -0.25) is 4.79 Å². The minimum absolute atomic E-state index is 0.0341. The predicted molar refractivity (Wildman–Crippen MR) is 81.1 cm³/mol. The molecule has 1 aliphatic heterocycles. The molecule has 0 unspecified atom stereocenters. The Morgan fingerprint density at radius 3 is 2.89 bits per heavy atom. The Bertz CT molecular complexity index is 670. The smallest absolute Gasteiger partial charge is 0.256 e. The van der Waals surface area contributed by atoms with Crippen LogP contribution in [0, 0.1) is 3.57 Å². The molecule has 0 saturated heterocycles. The van der Waals surface area contributed by atoms with Crippen LogP contribution in [0.3, 0.4) is 0 Å². The van der Waals surface area contributed by atoms with Crippen LogP contribution >= 0.6 is 22.6 Å². The van der Waals surface area contributed by atoms with Gasteiger partial charge < -0.3 is 9.88 Å². The number of aryl methyl sites for hydroxylation is 1. The number of nitrogens with zero attached hydrogens (tertiary/aromatic N) is 1. The van der Waals surface area contributed by atoms with E-state index < -0.39 is 0 Å². The zero-order valence-corrected chi connectivity index (χ0v) is 11.9. The summed E-state index contributed by atoms with van der Waals surface area (Å²) in [7, 11) is 1.97. The average Bonchev–Trinajstić information content (AvgIpc) is 2.86. The number of nitrogens with one attached hydrogen (secondary N) is 1. The second kappa shape index (κ2) is 4.28. The van der Waals surface area contributed by atoms with Crippen LogP contribution in [-0.2, 0) is 11.8 Å². The number of rotatable bonds is 1. The van der Waals surface area contributed by atoms with Crippen LogP contribution in [0.5, 0.6) is 0 Å². The van der Waals surface area contributed by atoms with Gasteiger partial charge in [0, 0.05) is 33.8 Å². The first kappa shape index (κ1) is 11.5. The highest BCUT2D eigenvalue weighted by Gasteiger charge is 2.24. The Labute approximate surface area is 119 Å². The molecule has 0 atom stereocenters. The lowest BCUT2D eigenvalue weighted by molar-refractivity contribution is -0.110. The monoisotopic (exact) mass is 350 g/mol. The number of halogens is 1. The number of aromatic nitrogens is 1. The topological polar surface area (TPSA) is 34.0 Å². The number of carbonyl (C=O) groups excluding carboxylic acids is 1. The van der Waals surface area contributed by atoms with Gasteiger partial charge in [0.25, 0.3) is 5.91 Å². The molecule has 0 fully saturated rings. The Balaban J connectivity index is 2.14. The first-order valence-electron chi connectivity index (χ1n) is 5.59. The van der Waals surface area contributed by atoms with Crippen molar-refractivity contribution >= 4 is 45.8 Å². The van der Waals surface area contributed by atoms with Crippen molar-refractivity contribution in [1.82, 2.24) is 4.57 Å². The summed E-state index contributed by atoms with van der Waals surface area (Å²) in [6.07, 6.45) is 3.89. The molecule has 4 heteroatoms. The molecule has 18 heavy (non-hydrogen) atoms. The normalized spacial score (nSPS) is 15.9. The highest BCUT2D eigenvalue weighted by molar-refractivity contribution is 14.1. The molecule has 1 amide bonds. The Morgan fingerprint density at radius 1 is 1.33 bits per heavy atom. The summed E-state index contributed by atoms with van der Waals surface area (Å²) in [6.45, 7) is 0. The molecule has 2 heterocycles. The molecule has 1 N–H and O–H groups in total. The first-order valence-corrected chi connectivity index (χ1v) is 6.67. The summed E-state index contributed by atoms with van der Waals surface area (Å²) in [6, 6.07) is 9.93. The van der Waals surface area contributed by atoms with E-state index in [0.29, 0.717) is 0 Å². The summed E-state index contributed by atoms with van der Waals surface area (Å²) in [5, 5.41) is 2.89. The molecule has 2 aromatic rings. The summed E-state index contributed by atoms with van der Waals surface area (Å²) in [5.41, 5.74) is 3.62. The standard InChI is InChI=1S/C14H11IN2O/c1-17-6-2-3-10(17)8-12-11-7-9(15)4-5-13(11)16-14(12)18/h2-8H,1H3,(H,16,18). The van der Waals surface area contributed by atoms with Crippen LogP contribution in [0.4, 0.5) is 5.69 Å². The number of carbonyl (C=O) groups is 1. The van der Waals surface area contributed by atoms with E-state index >= 15 is 0 Å². The minimum Gasteiger partial charge on any atom is -0.351 e. The summed E-state index contributed by atoms with van der Waals surface area (Å²) < 4.78 is 3.12. The molecular formula is C14H11IN2O. The van der Waals surface area contributed by atoms with E-state index in [1.54, 1.807) is 0 Å². The highest BCUT2D eigenvalue weighted by atomic mass is 127. The first-order chi connectivity index (χ1) is 8.65. The van der Waals surface area contributed by atoms with Crippen LogP contribution in [0.2, 0.25) is 0 Å². The van der Waals surface area contributed by atoms with Gasteiger partial charge in [0.15, 0.2) is 0 Å². The highest BCUT2D eigenvalue weighted by Crippen LogP contribution is 2.34. The van der Waals surface area contributed by atoms with Gasteiger partial charge in [-0.1, -0.05) is 0 Å². The fraction of sp³-hybridized carbons (Fsp3) is 0.0714. The number of fused-ring (bicyclic) bond motifs is 1. The molecule has 0 radical (unpaired) electrons. The number of hydrogen-bond acceptors (Lipinski definition) is 1. The second-order valence-electron chi connectivity index (χ2n) is 4.25. The van der Waals surface area contributed by atoms with Crippen molar-refractivity contribution in [3.63, 3.8) is 0 Å². The maximum absolute atomic E-state index is 12.0. The third kappa shape index (κ3) is 1.86. The lowest BCUT2D eigenvalue weighted by Gasteiger charge is -2.00. The van der Waals surface area contributed by atoms with Crippen molar-refractivity contribution in [1.29, 1.82) is 0 Å². The van der Waals surface area contributed by atoms with E-state index in [4.69, 9.17) is 0 Å². The van der Waals surface area contributed by atoms with Crippen molar-refractivity contribution < 1.29 is 4.79 Å². The molecular weight excluding hydrogens is 339 g/mol. The van der Waals surface area contributed by atoms with Crippen molar-refractivity contribution in [2.24, 2.45) is 7.05 Å². The SMILES string of the molecule is Cn1cccc1C=C1C(=O)Nc2ccc(I)cc21. The molecule has 1 aliphatic rings. The predicted octanol–water partition coefficient (Wildman–Crippen LogP) is 3.12. The van der Waals surface area contributed by atoms with Crippen LogP contribution in [0.25, 0.3) is 11.6 Å². The molecule has 0 spiro atoms. The van der Waals surface area contributed by atoms with E-state index in [0.717, 1.165) is 26.1 Å². The van der Waals surface area contributed by atoms with Gasteiger partial charge in [-0.05, 0) is 59.0 Å². The van der Waals surface area contributed by atoms with Crippen LogP contribution in [0.15, 0.2) is 36.5 Å². The fourth-order valence-electron chi connectivity index (χ4n) is 2.08. The molecule has 3 rings (SSSR count). The van der Waals surface area contributed by atoms with Gasteiger partial charge in [-0.25, -0.2) is 0 Å². The van der Waals surface area contributed by atoms with Crippen molar-refractivity contribution in [3.05, 3.63) is 51.4 Å². The Hall–Kier alpha value is -1.56. The minimum atomic E-state index is -0.0341. The molecule has 3 nitrogen and oxygen atoms in total. The van der Waals surface area contributed by atoms with E-state index in [1.165, 1.54) is 0 Å². The molecule has 0 saturated carbocycles. The van der Waals surface area contributed by atoms with Crippen molar-refractivity contribution in [2.75, 3.05) is 5.32 Å². The largest absolute Gasteiger partial charge is 0.351 e. The van der Waals surface area contributed by atoms with Crippen molar-refractivity contribution in [3.8, 4) is 0 Å². The third-order valence-corrected chi connectivity index (χ3v) is 3.71. The lowest BCUT2D eigenvalue weighted by Crippen LogP contribution is -2.03. The van der Waals surface area contributed by atoms with E-state index in [2.05, 4.69) is 27.9 Å². The summed E-state index contributed by atoms with van der Waals surface area (Å²) in [4.78, 5) is 12.0. The molecule has 1 aromatic heterocycles. The summed E-state index contributed by atoms with van der Waals surface area (Å²) in [5.74, 6) is -0.0341. The molecule has 90 valence electrons. The van der Waals surface area contributed by atoms with Gasteiger partial charge in [-0.15, -0.1) is 0 Å². The zero-order chi connectivity index (χ0) is 12.7. The summed E-state index contributed by atoms with van der Waals surface area (Å²) >= 11 is 2.26. The average molecular weight is 350 g/mol. The van der Waals surface area contributed by atoms with E-state index in [-0.39, 0.29) is 5.91 Å². The number of hydrogen-bond donors (Lipinski definition) is 1. The maximum Gasteiger partial charge on any atom is 0.256 e. The van der Waals surface area contributed by atoms with E-state index in [1.807, 2.05) is 54.2 Å². The Kier molecular flexibility index (Phi) is 2.74. The second-order valence-corrected chi connectivity index (χ2v) is 5.49. The van der Waals surface area contributed by atoms with Gasteiger partial charge in [0.2, 0.25) is 0 Å². The number of benzene rings is 1. The van der Waals surface area contributed by atoms with E-state index in [9.17, 15) is 4.79 Å². The van der Waals surface area contributed by atoms with Crippen LogP contribution in [0.1, 0.15) is 11.3 Å². The molecule has 0 aliphatic carbocycles. The molecule has 1 aromatic carbocycles. The van der Waals surface area contributed by atoms with Gasteiger partial charge in [0.1, 0.15) is 0 Å². The van der Waals surface area contributed by atoms with Gasteiger partial charge in [0.05, 0.1) is 5.57 Å². The van der Waals surface area contributed by atoms with Gasteiger partial charge in [-0.2, -0.15) is 0 Å². The van der Waals surface area contributed by atoms with Crippen LogP contribution in [-0.4, -0.2) is 10.5 Å². The number of anilines is 1. The number of amides is 1. The lowest BCUT2D eigenvalue weighted by atomic mass is 10.1. The quantitative estimate of drug-likeness (QED) is 0.622. The maximum atomic E-state index is 12.0. The van der Waals surface area contributed by atoms with Crippen LogP contribution < -0.4 is 5.32 Å². The van der Waals surface area contributed by atoms with Gasteiger partial charge >= 0.3 is 0 Å². The fourth-order valence-corrected chi connectivity index (χ4v) is 2.57. The molecule has 0 bridgehead atoms. The third-order valence-electron chi connectivity index (χ3n) is 3.04. The van der Waals surface area contributed by atoms with Crippen molar-refractivity contribution in [2.45, 2.75) is 0 Å². The Morgan fingerprint density at radius 2 is 2.17 bits per heavy atom. The zero-order valence-electron chi connectivity index (χ0n) is 9.77.